The van der Waals surface area contributed by atoms with E-state index in [1.807, 2.05) is 30.3 Å². The van der Waals surface area contributed by atoms with Crippen molar-refractivity contribution in [2.75, 3.05) is 0 Å². The molecule has 4 nitrogen and oxygen atoms in total. The predicted molar refractivity (Wildman–Crippen MR) is 60.5 cm³/mol. The van der Waals surface area contributed by atoms with Crippen LogP contribution < -0.4 is 11.5 Å². The third kappa shape index (κ3) is 1.27. The summed E-state index contributed by atoms with van der Waals surface area (Å²) in [5.41, 5.74) is 10.5. The molecule has 0 bridgehead atoms. The molecular formula is C12H16N2O2. The Morgan fingerprint density at radius 2 is 1.94 bits per heavy atom. The number of carbonyl (C=O) groups excluding carboxylic acids is 1. The number of ether oxygens (including phenoxy) is 1. The van der Waals surface area contributed by atoms with Crippen molar-refractivity contribution in [3.8, 4) is 0 Å². The number of epoxide rings is 1. The van der Waals surface area contributed by atoms with Crippen LogP contribution in [0.5, 0.6) is 0 Å². The van der Waals surface area contributed by atoms with E-state index in [9.17, 15) is 4.79 Å². The van der Waals surface area contributed by atoms with Crippen LogP contribution in [0.4, 0.5) is 0 Å². The molecule has 16 heavy (non-hydrogen) atoms. The van der Waals surface area contributed by atoms with Crippen LogP contribution in [0.25, 0.3) is 0 Å². The maximum Gasteiger partial charge on any atom is 0.254 e. The number of carbonyl (C=O) groups is 1. The summed E-state index contributed by atoms with van der Waals surface area (Å²) in [5.74, 6) is -0.506. The molecule has 0 saturated carbocycles. The van der Waals surface area contributed by atoms with E-state index < -0.39 is 17.0 Å². The fourth-order valence-corrected chi connectivity index (χ4v) is 2.30. The SMILES string of the molecule is C[C@@H]1O[C@@]1(C(N)=O)[C@@](C)(N)c1ccccc1. The van der Waals surface area contributed by atoms with Gasteiger partial charge in [0.05, 0.1) is 11.6 Å². The molecule has 0 unspecified atom stereocenters. The van der Waals surface area contributed by atoms with Crippen molar-refractivity contribution in [1.29, 1.82) is 0 Å². The monoisotopic (exact) mass is 220 g/mol. The van der Waals surface area contributed by atoms with Gasteiger partial charge in [0.1, 0.15) is 0 Å². The first-order valence-corrected chi connectivity index (χ1v) is 5.25. The molecule has 0 spiro atoms. The molecular weight excluding hydrogens is 204 g/mol. The van der Waals surface area contributed by atoms with E-state index in [0.717, 1.165) is 5.56 Å². The minimum absolute atomic E-state index is 0.236. The molecule has 2 rings (SSSR count). The first-order chi connectivity index (χ1) is 7.43. The minimum Gasteiger partial charge on any atom is -0.367 e. The number of benzene rings is 1. The zero-order chi connectivity index (χ0) is 12.0. The molecule has 0 radical (unpaired) electrons. The predicted octanol–water partition coefficient (Wildman–Crippen LogP) is 0.503. The average Bonchev–Trinajstić information content (AvgIpc) is 2.93. The van der Waals surface area contributed by atoms with Gasteiger partial charge in [0, 0.05) is 0 Å². The van der Waals surface area contributed by atoms with Gasteiger partial charge in [-0.3, -0.25) is 4.79 Å². The lowest BCUT2D eigenvalue weighted by atomic mass is 9.78. The van der Waals surface area contributed by atoms with Crippen molar-refractivity contribution in [2.45, 2.75) is 31.1 Å². The van der Waals surface area contributed by atoms with E-state index in [-0.39, 0.29) is 6.10 Å². The van der Waals surface area contributed by atoms with Crippen LogP contribution in [0, 0.1) is 0 Å². The molecule has 4 heteroatoms. The third-order valence-corrected chi connectivity index (χ3v) is 3.39. The first-order valence-electron chi connectivity index (χ1n) is 5.25. The van der Waals surface area contributed by atoms with Gasteiger partial charge in [-0.05, 0) is 19.4 Å². The Morgan fingerprint density at radius 1 is 1.44 bits per heavy atom. The smallest absolute Gasteiger partial charge is 0.254 e. The van der Waals surface area contributed by atoms with Gasteiger partial charge >= 0.3 is 0 Å². The molecule has 3 atom stereocenters. The number of amides is 1. The Labute approximate surface area is 94.6 Å². The highest BCUT2D eigenvalue weighted by atomic mass is 16.6. The van der Waals surface area contributed by atoms with Crippen molar-refractivity contribution in [3.05, 3.63) is 35.9 Å². The first kappa shape index (κ1) is 11.1. The largest absolute Gasteiger partial charge is 0.367 e. The van der Waals surface area contributed by atoms with Crippen LogP contribution in [0.15, 0.2) is 30.3 Å². The van der Waals surface area contributed by atoms with E-state index >= 15 is 0 Å². The highest BCUT2D eigenvalue weighted by Gasteiger charge is 2.68. The fourth-order valence-electron chi connectivity index (χ4n) is 2.30. The molecule has 0 aromatic heterocycles. The fraction of sp³-hybridized carbons (Fsp3) is 0.417. The molecule has 1 aromatic carbocycles. The van der Waals surface area contributed by atoms with Crippen molar-refractivity contribution < 1.29 is 9.53 Å². The number of primary amides is 1. The second-order valence-corrected chi connectivity index (χ2v) is 4.43. The molecule has 86 valence electrons. The van der Waals surface area contributed by atoms with Gasteiger partial charge < -0.3 is 16.2 Å². The van der Waals surface area contributed by atoms with Crippen LogP contribution >= 0.6 is 0 Å². The molecule has 0 aliphatic carbocycles. The summed E-state index contributed by atoms with van der Waals surface area (Å²) in [6.45, 7) is 3.58. The number of hydrogen-bond donors (Lipinski definition) is 2. The van der Waals surface area contributed by atoms with Crippen molar-refractivity contribution >= 4 is 5.91 Å². The lowest BCUT2D eigenvalue weighted by Crippen LogP contribution is -2.56. The van der Waals surface area contributed by atoms with Gasteiger partial charge in [0.25, 0.3) is 5.91 Å². The molecule has 1 fully saturated rings. The van der Waals surface area contributed by atoms with Gasteiger partial charge in [-0.1, -0.05) is 30.3 Å². The van der Waals surface area contributed by atoms with Crippen molar-refractivity contribution in [2.24, 2.45) is 11.5 Å². The Balaban J connectivity index is 2.44. The Morgan fingerprint density at radius 3 is 2.31 bits per heavy atom. The quantitative estimate of drug-likeness (QED) is 0.728. The van der Waals surface area contributed by atoms with Gasteiger partial charge in [-0.15, -0.1) is 0 Å². The van der Waals surface area contributed by atoms with Crippen LogP contribution in [0.2, 0.25) is 0 Å². The van der Waals surface area contributed by atoms with E-state index in [0.29, 0.717) is 0 Å². The zero-order valence-corrected chi connectivity index (χ0v) is 9.44. The minimum atomic E-state index is -1.08. The average molecular weight is 220 g/mol. The standard InChI is InChI=1S/C12H16N2O2/c1-8-12(16-8,10(13)15)11(2,14)9-6-4-3-5-7-9/h3-8H,14H2,1-2H3,(H2,13,15)/t8-,11-,12-/m0/s1. The molecule has 1 aromatic rings. The van der Waals surface area contributed by atoms with Gasteiger partial charge in [0.15, 0.2) is 5.60 Å². The summed E-state index contributed by atoms with van der Waals surface area (Å²) in [7, 11) is 0. The lowest BCUT2D eigenvalue weighted by Gasteiger charge is -2.30. The second kappa shape index (κ2) is 3.30. The topological polar surface area (TPSA) is 81.6 Å². The molecule has 1 heterocycles. The number of rotatable bonds is 3. The maximum absolute atomic E-state index is 11.5. The summed E-state index contributed by atoms with van der Waals surface area (Å²) in [5, 5.41) is 0. The molecule has 4 N–H and O–H groups in total. The lowest BCUT2D eigenvalue weighted by molar-refractivity contribution is -0.125. The summed E-state index contributed by atoms with van der Waals surface area (Å²) in [4.78, 5) is 11.5. The second-order valence-electron chi connectivity index (χ2n) is 4.43. The summed E-state index contributed by atoms with van der Waals surface area (Å²) >= 11 is 0. The normalized spacial score (nSPS) is 31.8. The van der Waals surface area contributed by atoms with Crippen LogP contribution in [0.1, 0.15) is 19.4 Å². The highest BCUT2D eigenvalue weighted by molar-refractivity contribution is 5.89. The van der Waals surface area contributed by atoms with E-state index in [1.165, 1.54) is 0 Å². The van der Waals surface area contributed by atoms with Crippen LogP contribution in [-0.2, 0) is 15.1 Å². The summed E-state index contributed by atoms with van der Waals surface area (Å²) < 4.78 is 5.39. The Hall–Kier alpha value is -1.39. The van der Waals surface area contributed by atoms with Gasteiger partial charge in [-0.2, -0.15) is 0 Å². The molecule has 1 aliphatic heterocycles. The van der Waals surface area contributed by atoms with E-state index in [1.54, 1.807) is 13.8 Å². The van der Waals surface area contributed by atoms with Gasteiger partial charge in [-0.25, -0.2) is 0 Å². The van der Waals surface area contributed by atoms with Crippen molar-refractivity contribution in [1.82, 2.24) is 0 Å². The Bertz CT molecular complexity index is 416. The van der Waals surface area contributed by atoms with Crippen molar-refractivity contribution in [3.63, 3.8) is 0 Å². The van der Waals surface area contributed by atoms with Crippen LogP contribution in [0.3, 0.4) is 0 Å². The highest BCUT2D eigenvalue weighted by Crippen LogP contribution is 2.48. The molecule has 1 saturated heterocycles. The van der Waals surface area contributed by atoms with E-state index in [2.05, 4.69) is 0 Å². The summed E-state index contributed by atoms with van der Waals surface area (Å²) in [6, 6.07) is 9.40. The third-order valence-electron chi connectivity index (χ3n) is 3.39. The Kier molecular flexibility index (Phi) is 2.29. The molecule has 1 aliphatic rings. The molecule has 1 amide bonds. The maximum atomic E-state index is 11.5. The van der Waals surface area contributed by atoms with Crippen LogP contribution in [-0.4, -0.2) is 17.6 Å². The zero-order valence-electron chi connectivity index (χ0n) is 9.44. The number of hydrogen-bond acceptors (Lipinski definition) is 3. The van der Waals surface area contributed by atoms with Gasteiger partial charge in [0.2, 0.25) is 0 Å². The summed E-state index contributed by atoms with van der Waals surface area (Å²) in [6.07, 6.45) is -0.236. The number of nitrogens with two attached hydrogens (primary N) is 2. The van der Waals surface area contributed by atoms with E-state index in [4.69, 9.17) is 16.2 Å².